The number of carbonyl (C=O) groups is 1. The number of allylic oxidation sites excluding steroid dienone is 2. The summed E-state index contributed by atoms with van der Waals surface area (Å²) in [6.45, 7) is 2.10. The van der Waals surface area contributed by atoms with Crippen LogP contribution in [0, 0.1) is 5.92 Å². The summed E-state index contributed by atoms with van der Waals surface area (Å²) in [5.41, 5.74) is 2.78. The van der Waals surface area contributed by atoms with Gasteiger partial charge >= 0.3 is 0 Å². The summed E-state index contributed by atoms with van der Waals surface area (Å²) >= 11 is 7.52. The van der Waals surface area contributed by atoms with Crippen LogP contribution in [0.5, 0.6) is 0 Å². The largest absolute Gasteiger partial charge is 0.328 e. The van der Waals surface area contributed by atoms with Gasteiger partial charge in [0.2, 0.25) is 11.1 Å². The molecule has 5 nitrogen and oxygen atoms in total. The molecule has 1 aliphatic carbocycles. The molecule has 0 bridgehead atoms. The zero-order valence-corrected chi connectivity index (χ0v) is 15.0. The maximum Gasteiger partial charge on any atom is 0.227 e. The van der Waals surface area contributed by atoms with E-state index in [1.807, 2.05) is 35.2 Å². The SMILES string of the molecule is CSc1nc2n(n1)C(c1ccc(Cl)cc1)C1=C(CC(C)CC1=O)N2. The van der Waals surface area contributed by atoms with Gasteiger partial charge in [-0.05, 0) is 36.3 Å². The van der Waals surface area contributed by atoms with Gasteiger partial charge in [-0.15, -0.1) is 5.10 Å². The first-order chi connectivity index (χ1) is 11.6. The summed E-state index contributed by atoms with van der Waals surface area (Å²) in [4.78, 5) is 17.3. The lowest BCUT2D eigenvalue weighted by molar-refractivity contribution is -0.117. The highest BCUT2D eigenvalue weighted by Crippen LogP contribution is 2.41. The van der Waals surface area contributed by atoms with Crippen LogP contribution in [0.1, 0.15) is 31.4 Å². The molecule has 0 saturated heterocycles. The second kappa shape index (κ2) is 5.93. The van der Waals surface area contributed by atoms with E-state index in [0.29, 0.717) is 28.5 Å². The number of fused-ring (bicyclic) bond motifs is 1. The van der Waals surface area contributed by atoms with Gasteiger partial charge < -0.3 is 5.32 Å². The molecule has 2 heterocycles. The maximum absolute atomic E-state index is 12.8. The number of Topliss-reactive ketones (excluding diaryl/α,β-unsaturated/α-hetero) is 1. The van der Waals surface area contributed by atoms with Crippen molar-refractivity contribution in [3.05, 3.63) is 46.1 Å². The predicted molar refractivity (Wildman–Crippen MR) is 95.4 cm³/mol. The Labute approximate surface area is 149 Å². The average Bonchev–Trinajstić information content (AvgIpc) is 2.96. The van der Waals surface area contributed by atoms with Crippen LogP contribution in [0.15, 0.2) is 40.7 Å². The molecule has 0 amide bonds. The number of thioether (sulfide) groups is 1. The number of halogens is 1. The number of rotatable bonds is 2. The van der Waals surface area contributed by atoms with Crippen LogP contribution in [0.3, 0.4) is 0 Å². The highest BCUT2D eigenvalue weighted by molar-refractivity contribution is 7.98. The Kier molecular flexibility index (Phi) is 3.89. The molecule has 7 heteroatoms. The van der Waals surface area contributed by atoms with Gasteiger partial charge in [0, 0.05) is 22.7 Å². The maximum atomic E-state index is 12.8. The van der Waals surface area contributed by atoms with Gasteiger partial charge in [-0.3, -0.25) is 4.79 Å². The van der Waals surface area contributed by atoms with Gasteiger partial charge in [-0.25, -0.2) is 4.68 Å². The van der Waals surface area contributed by atoms with Crippen molar-refractivity contribution >= 4 is 35.1 Å². The Balaban J connectivity index is 1.90. The third kappa shape index (κ3) is 2.54. The number of ketones is 1. The smallest absolute Gasteiger partial charge is 0.227 e. The van der Waals surface area contributed by atoms with Crippen molar-refractivity contribution < 1.29 is 4.79 Å². The van der Waals surface area contributed by atoms with Crippen LogP contribution >= 0.6 is 23.4 Å². The van der Waals surface area contributed by atoms with Crippen LogP contribution in [0.25, 0.3) is 0 Å². The van der Waals surface area contributed by atoms with Gasteiger partial charge in [0.05, 0.1) is 0 Å². The van der Waals surface area contributed by atoms with Crippen molar-refractivity contribution in [3.8, 4) is 0 Å². The Morgan fingerprint density at radius 3 is 2.75 bits per heavy atom. The predicted octanol–water partition coefficient (Wildman–Crippen LogP) is 3.92. The molecule has 4 rings (SSSR count). The van der Waals surface area contributed by atoms with E-state index in [9.17, 15) is 4.79 Å². The quantitative estimate of drug-likeness (QED) is 0.822. The van der Waals surface area contributed by atoms with Crippen molar-refractivity contribution in [2.75, 3.05) is 11.6 Å². The molecule has 1 aliphatic heterocycles. The third-order valence-electron chi connectivity index (χ3n) is 4.47. The van der Waals surface area contributed by atoms with Crippen LogP contribution in [-0.2, 0) is 4.79 Å². The number of hydrogen-bond acceptors (Lipinski definition) is 5. The Hall–Kier alpha value is -1.79. The normalized spacial score (nSPS) is 22.9. The van der Waals surface area contributed by atoms with E-state index in [1.54, 1.807) is 0 Å². The number of aromatic nitrogens is 3. The van der Waals surface area contributed by atoms with Gasteiger partial charge in [-0.2, -0.15) is 4.98 Å². The van der Waals surface area contributed by atoms with E-state index in [4.69, 9.17) is 11.6 Å². The minimum atomic E-state index is -0.248. The van der Waals surface area contributed by atoms with Crippen molar-refractivity contribution in [1.29, 1.82) is 0 Å². The molecule has 2 aliphatic rings. The molecule has 1 aromatic carbocycles. The van der Waals surface area contributed by atoms with E-state index in [0.717, 1.165) is 23.3 Å². The Morgan fingerprint density at radius 1 is 1.29 bits per heavy atom. The molecule has 2 unspecified atom stereocenters. The van der Waals surface area contributed by atoms with Gasteiger partial charge in [0.25, 0.3) is 0 Å². The van der Waals surface area contributed by atoms with Crippen molar-refractivity contribution in [2.45, 2.75) is 31.0 Å². The van der Waals surface area contributed by atoms with E-state index in [2.05, 4.69) is 22.3 Å². The number of benzene rings is 1. The molecule has 0 fully saturated rings. The fourth-order valence-corrected chi connectivity index (χ4v) is 3.90. The monoisotopic (exact) mass is 360 g/mol. The van der Waals surface area contributed by atoms with Crippen LogP contribution in [0.2, 0.25) is 5.02 Å². The first-order valence-corrected chi connectivity index (χ1v) is 9.46. The fraction of sp³-hybridized carbons (Fsp3) is 0.353. The topological polar surface area (TPSA) is 59.8 Å². The molecule has 24 heavy (non-hydrogen) atoms. The van der Waals surface area contributed by atoms with E-state index < -0.39 is 0 Å². The first kappa shape index (κ1) is 15.7. The lowest BCUT2D eigenvalue weighted by Crippen LogP contribution is -2.33. The Bertz CT molecular complexity index is 843. The van der Waals surface area contributed by atoms with Crippen LogP contribution in [0.4, 0.5) is 5.95 Å². The van der Waals surface area contributed by atoms with Gasteiger partial charge in [0.15, 0.2) is 5.78 Å². The average molecular weight is 361 g/mol. The second-order valence-electron chi connectivity index (χ2n) is 6.27. The Morgan fingerprint density at radius 2 is 2.04 bits per heavy atom. The van der Waals surface area contributed by atoms with E-state index >= 15 is 0 Å². The highest BCUT2D eigenvalue weighted by atomic mass is 35.5. The van der Waals surface area contributed by atoms with E-state index in [-0.39, 0.29) is 11.8 Å². The summed E-state index contributed by atoms with van der Waals surface area (Å²) < 4.78 is 1.82. The molecule has 0 radical (unpaired) electrons. The summed E-state index contributed by atoms with van der Waals surface area (Å²) in [5, 5.41) is 9.28. The van der Waals surface area contributed by atoms with Crippen LogP contribution in [-0.4, -0.2) is 26.8 Å². The molecular formula is C17H17ClN4OS. The van der Waals surface area contributed by atoms with Crippen molar-refractivity contribution in [3.63, 3.8) is 0 Å². The number of nitrogens with one attached hydrogen (secondary N) is 1. The second-order valence-corrected chi connectivity index (χ2v) is 7.48. The zero-order valence-electron chi connectivity index (χ0n) is 13.4. The molecule has 124 valence electrons. The number of hydrogen-bond donors (Lipinski definition) is 1. The minimum Gasteiger partial charge on any atom is -0.328 e. The standard InChI is InChI=1S/C17H17ClN4OS/c1-9-7-12-14(13(23)8-9)15(10-3-5-11(18)6-4-10)22-16(19-12)20-17(21-22)24-2/h3-6,9,15H,7-8H2,1-2H3,(H,19,20,21). The number of carbonyl (C=O) groups excluding carboxylic acids is 1. The molecule has 1 aromatic heterocycles. The van der Waals surface area contributed by atoms with Crippen molar-refractivity contribution in [2.24, 2.45) is 5.92 Å². The lowest BCUT2D eigenvalue weighted by atomic mass is 9.81. The van der Waals surface area contributed by atoms with Gasteiger partial charge in [0.1, 0.15) is 6.04 Å². The fourth-order valence-electron chi connectivity index (χ4n) is 3.43. The first-order valence-electron chi connectivity index (χ1n) is 7.86. The van der Waals surface area contributed by atoms with Gasteiger partial charge in [-0.1, -0.05) is 42.4 Å². The lowest BCUT2D eigenvalue weighted by Gasteiger charge is -2.34. The zero-order chi connectivity index (χ0) is 16.8. The van der Waals surface area contributed by atoms with E-state index in [1.165, 1.54) is 11.8 Å². The molecule has 0 spiro atoms. The van der Waals surface area contributed by atoms with Crippen molar-refractivity contribution in [1.82, 2.24) is 14.8 Å². The minimum absolute atomic E-state index is 0.183. The molecule has 2 aromatic rings. The molecule has 2 atom stereocenters. The summed E-state index contributed by atoms with van der Waals surface area (Å²) in [5.74, 6) is 1.21. The summed E-state index contributed by atoms with van der Waals surface area (Å²) in [6.07, 6.45) is 3.37. The number of anilines is 1. The summed E-state index contributed by atoms with van der Waals surface area (Å²) in [6, 6.07) is 7.36. The summed E-state index contributed by atoms with van der Waals surface area (Å²) in [7, 11) is 0. The highest BCUT2D eigenvalue weighted by Gasteiger charge is 2.38. The number of nitrogens with zero attached hydrogens (tertiary/aromatic N) is 3. The van der Waals surface area contributed by atoms with Crippen LogP contribution < -0.4 is 5.32 Å². The molecule has 0 saturated carbocycles. The third-order valence-corrected chi connectivity index (χ3v) is 5.26. The molecule has 1 N–H and O–H groups in total. The molecular weight excluding hydrogens is 344 g/mol.